The fraction of sp³-hybridized carbons (Fsp3) is 0.400. The Kier molecular flexibility index (Phi) is 4.02. The van der Waals surface area contributed by atoms with E-state index in [-0.39, 0.29) is 24.1 Å². The van der Waals surface area contributed by atoms with Crippen LogP contribution in [0.4, 0.5) is 10.1 Å². The number of hydrogen-bond acceptors (Lipinski definition) is 3. The molecule has 3 atom stereocenters. The first-order chi connectivity index (χ1) is 11.6. The summed E-state index contributed by atoms with van der Waals surface area (Å²) in [6, 6.07) is 13.0. The van der Waals surface area contributed by atoms with Gasteiger partial charge in [0, 0.05) is 16.8 Å². The Balaban J connectivity index is 1.79. The molecule has 0 saturated carbocycles. The topological polar surface area (TPSA) is 30.5 Å². The maximum atomic E-state index is 14.3. The number of ether oxygens (including phenoxy) is 2. The third-order valence-electron chi connectivity index (χ3n) is 4.92. The summed E-state index contributed by atoms with van der Waals surface area (Å²) in [5, 5.41) is 3.47. The monoisotopic (exact) mass is 327 g/mol. The Morgan fingerprint density at radius 3 is 2.62 bits per heavy atom. The molecule has 1 N–H and O–H groups in total. The van der Waals surface area contributed by atoms with Crippen molar-refractivity contribution in [2.75, 3.05) is 18.5 Å². The SMILES string of the molecule is CC(C)c1ccc2c(c1)C1OCCO[C@H]1C(c1ccccc1F)N2. The van der Waals surface area contributed by atoms with E-state index in [1.807, 2.05) is 12.1 Å². The summed E-state index contributed by atoms with van der Waals surface area (Å²) in [7, 11) is 0. The molecule has 2 aromatic carbocycles. The molecule has 2 aromatic rings. The van der Waals surface area contributed by atoms with Crippen LogP contribution in [0.15, 0.2) is 42.5 Å². The number of hydrogen-bond donors (Lipinski definition) is 1. The molecule has 4 heteroatoms. The molecule has 3 nitrogen and oxygen atoms in total. The van der Waals surface area contributed by atoms with Crippen molar-refractivity contribution in [1.82, 2.24) is 0 Å². The van der Waals surface area contributed by atoms with Gasteiger partial charge in [-0.15, -0.1) is 0 Å². The van der Waals surface area contributed by atoms with Gasteiger partial charge in [-0.05, 0) is 23.6 Å². The molecule has 0 spiro atoms. The molecule has 1 fully saturated rings. The third kappa shape index (κ3) is 2.60. The second-order valence-corrected chi connectivity index (χ2v) is 6.77. The lowest BCUT2D eigenvalue weighted by Crippen LogP contribution is -2.43. The zero-order valence-corrected chi connectivity index (χ0v) is 14.0. The van der Waals surface area contributed by atoms with Crippen LogP contribution in [0.5, 0.6) is 0 Å². The Labute approximate surface area is 141 Å². The molecule has 0 amide bonds. The van der Waals surface area contributed by atoms with Gasteiger partial charge in [-0.25, -0.2) is 4.39 Å². The van der Waals surface area contributed by atoms with Crippen LogP contribution in [-0.2, 0) is 9.47 Å². The summed E-state index contributed by atoms with van der Waals surface area (Å²) in [5.74, 6) is 0.229. The second kappa shape index (κ2) is 6.19. The Morgan fingerprint density at radius 1 is 1.04 bits per heavy atom. The molecule has 2 aliphatic rings. The van der Waals surface area contributed by atoms with Crippen LogP contribution >= 0.6 is 0 Å². The fourth-order valence-electron chi connectivity index (χ4n) is 3.62. The van der Waals surface area contributed by atoms with Gasteiger partial charge in [0.15, 0.2) is 0 Å². The average Bonchev–Trinajstić information content (AvgIpc) is 2.61. The Bertz CT molecular complexity index is 746. The zero-order chi connectivity index (χ0) is 16.7. The smallest absolute Gasteiger partial charge is 0.128 e. The van der Waals surface area contributed by atoms with Crippen molar-refractivity contribution in [3.63, 3.8) is 0 Å². The summed E-state index contributed by atoms with van der Waals surface area (Å²) in [5.41, 5.74) is 4.00. The van der Waals surface area contributed by atoms with Crippen molar-refractivity contribution < 1.29 is 13.9 Å². The van der Waals surface area contributed by atoms with Crippen LogP contribution < -0.4 is 5.32 Å². The number of rotatable bonds is 2. The van der Waals surface area contributed by atoms with Crippen molar-refractivity contribution >= 4 is 5.69 Å². The molecule has 0 aliphatic carbocycles. The number of halogens is 1. The van der Waals surface area contributed by atoms with E-state index in [9.17, 15) is 4.39 Å². The molecule has 0 radical (unpaired) electrons. The molecule has 4 rings (SSSR count). The van der Waals surface area contributed by atoms with E-state index in [4.69, 9.17) is 9.47 Å². The number of nitrogens with one attached hydrogen (secondary N) is 1. The Morgan fingerprint density at radius 2 is 1.83 bits per heavy atom. The minimum Gasteiger partial charge on any atom is -0.375 e. The number of benzene rings is 2. The van der Waals surface area contributed by atoms with E-state index in [2.05, 4.69) is 37.4 Å². The lowest BCUT2D eigenvalue weighted by molar-refractivity contribution is -0.151. The van der Waals surface area contributed by atoms with Gasteiger partial charge in [-0.2, -0.15) is 0 Å². The van der Waals surface area contributed by atoms with E-state index in [0.29, 0.717) is 24.7 Å². The van der Waals surface area contributed by atoms with E-state index in [0.717, 1.165) is 11.3 Å². The average molecular weight is 327 g/mol. The van der Waals surface area contributed by atoms with Crippen molar-refractivity contribution in [2.24, 2.45) is 0 Å². The van der Waals surface area contributed by atoms with Crippen LogP contribution in [0.25, 0.3) is 0 Å². The van der Waals surface area contributed by atoms with Gasteiger partial charge in [-0.1, -0.05) is 44.2 Å². The summed E-state index contributed by atoms with van der Waals surface area (Å²) >= 11 is 0. The van der Waals surface area contributed by atoms with Crippen molar-refractivity contribution in [3.05, 3.63) is 65.0 Å². The molecule has 2 unspecified atom stereocenters. The van der Waals surface area contributed by atoms with Gasteiger partial charge in [0.25, 0.3) is 0 Å². The molecule has 24 heavy (non-hydrogen) atoms. The lowest BCUT2D eigenvalue weighted by Gasteiger charge is -2.43. The van der Waals surface area contributed by atoms with Crippen LogP contribution in [0.3, 0.4) is 0 Å². The normalized spacial score (nSPS) is 25.8. The molecule has 0 aromatic heterocycles. The predicted molar refractivity (Wildman–Crippen MR) is 91.7 cm³/mol. The van der Waals surface area contributed by atoms with E-state index >= 15 is 0 Å². The highest BCUT2D eigenvalue weighted by Gasteiger charge is 2.42. The molecule has 126 valence electrons. The summed E-state index contributed by atoms with van der Waals surface area (Å²) in [6.07, 6.45) is -0.399. The van der Waals surface area contributed by atoms with Crippen molar-refractivity contribution in [1.29, 1.82) is 0 Å². The van der Waals surface area contributed by atoms with Gasteiger partial charge >= 0.3 is 0 Å². The van der Waals surface area contributed by atoms with Crippen LogP contribution in [0, 0.1) is 5.82 Å². The molecule has 2 aliphatic heterocycles. The van der Waals surface area contributed by atoms with Crippen LogP contribution in [0.2, 0.25) is 0 Å². The summed E-state index contributed by atoms with van der Waals surface area (Å²) in [6.45, 7) is 5.45. The summed E-state index contributed by atoms with van der Waals surface area (Å²) < 4.78 is 26.4. The molecule has 0 bridgehead atoms. The van der Waals surface area contributed by atoms with E-state index in [1.165, 1.54) is 11.6 Å². The van der Waals surface area contributed by atoms with Crippen molar-refractivity contribution in [3.8, 4) is 0 Å². The maximum absolute atomic E-state index is 14.3. The summed E-state index contributed by atoms with van der Waals surface area (Å²) in [4.78, 5) is 0. The first kappa shape index (κ1) is 15.6. The highest BCUT2D eigenvalue weighted by molar-refractivity contribution is 5.59. The largest absolute Gasteiger partial charge is 0.375 e. The van der Waals surface area contributed by atoms with E-state index < -0.39 is 0 Å². The second-order valence-electron chi connectivity index (χ2n) is 6.77. The van der Waals surface area contributed by atoms with Crippen LogP contribution in [0.1, 0.15) is 48.6 Å². The Hall–Kier alpha value is -1.91. The maximum Gasteiger partial charge on any atom is 0.128 e. The van der Waals surface area contributed by atoms with Gasteiger partial charge in [0.2, 0.25) is 0 Å². The zero-order valence-electron chi connectivity index (χ0n) is 14.0. The van der Waals surface area contributed by atoms with Crippen LogP contribution in [-0.4, -0.2) is 19.3 Å². The van der Waals surface area contributed by atoms with Gasteiger partial charge in [0.1, 0.15) is 18.0 Å². The number of anilines is 1. The first-order valence-electron chi connectivity index (χ1n) is 8.53. The molecule has 2 heterocycles. The van der Waals surface area contributed by atoms with Gasteiger partial charge in [-0.3, -0.25) is 0 Å². The standard InChI is InChI=1S/C20H22FNO2/c1-12(2)13-7-8-17-15(11-13)19-20(24-10-9-23-19)18(22-17)14-5-3-4-6-16(14)21/h3-8,11-12,18-20,22H,9-10H2,1-2H3/t18?,19?,20-/m0/s1. The van der Waals surface area contributed by atoms with Gasteiger partial charge < -0.3 is 14.8 Å². The first-order valence-corrected chi connectivity index (χ1v) is 8.53. The molecular formula is C20H22FNO2. The van der Waals surface area contributed by atoms with E-state index in [1.54, 1.807) is 6.07 Å². The molecular weight excluding hydrogens is 305 g/mol. The lowest BCUT2D eigenvalue weighted by atomic mass is 9.85. The fourth-order valence-corrected chi connectivity index (χ4v) is 3.62. The van der Waals surface area contributed by atoms with Gasteiger partial charge in [0.05, 0.1) is 19.3 Å². The minimum atomic E-state index is -0.256. The van der Waals surface area contributed by atoms with Crippen molar-refractivity contribution in [2.45, 2.75) is 38.0 Å². The minimum absolute atomic E-state index is 0.168. The highest BCUT2D eigenvalue weighted by Crippen LogP contribution is 2.45. The number of fused-ring (bicyclic) bond motifs is 3. The molecule has 1 saturated heterocycles. The predicted octanol–water partition coefficient (Wildman–Crippen LogP) is 4.57. The third-order valence-corrected chi connectivity index (χ3v) is 4.92. The quantitative estimate of drug-likeness (QED) is 0.876. The highest BCUT2D eigenvalue weighted by atomic mass is 19.1.